The fourth-order valence-corrected chi connectivity index (χ4v) is 4.98. The van der Waals surface area contributed by atoms with Crippen LogP contribution in [0, 0.1) is 11.8 Å². The third kappa shape index (κ3) is 6.87. The van der Waals surface area contributed by atoms with Gasteiger partial charge >= 0.3 is 17.8 Å². The smallest absolute Gasteiger partial charge is 0.321 e. The molecule has 2 aromatic carbocycles. The van der Waals surface area contributed by atoms with Crippen LogP contribution in [0.4, 0.5) is 21.9 Å². The molecule has 0 saturated carbocycles. The van der Waals surface area contributed by atoms with Gasteiger partial charge in [0.1, 0.15) is 5.75 Å². The minimum Gasteiger partial charge on any atom is -0.495 e. The second-order valence-electron chi connectivity index (χ2n) is 10.3. The first-order valence-corrected chi connectivity index (χ1v) is 13.5. The van der Waals surface area contributed by atoms with Crippen molar-refractivity contribution in [2.45, 2.75) is 39.5 Å². The number of piperidine rings is 1. The number of nitrogens with one attached hydrogen (secondary N) is 3. The van der Waals surface area contributed by atoms with Crippen LogP contribution in [0.15, 0.2) is 42.5 Å². The second-order valence-corrected chi connectivity index (χ2v) is 10.3. The minimum absolute atomic E-state index is 0.0421. The van der Waals surface area contributed by atoms with Gasteiger partial charge in [0, 0.05) is 43.5 Å². The number of methoxy groups -OCH3 is 1. The fourth-order valence-electron chi connectivity index (χ4n) is 4.98. The molecule has 0 aliphatic carbocycles. The molecule has 0 atom stereocenters. The number of likely N-dealkylation sites (tertiary alicyclic amines) is 1. The number of aryl methyl sites for hydroxylation is 1. The number of hydrogen-bond donors (Lipinski definition) is 3. The largest absolute Gasteiger partial charge is 0.495 e. The van der Waals surface area contributed by atoms with Gasteiger partial charge in [0.2, 0.25) is 5.91 Å². The number of carbonyl (C=O) groups excluding carboxylic acids is 4. The molecule has 10 heteroatoms. The molecular formula is C29H37N5O5. The summed E-state index contributed by atoms with van der Waals surface area (Å²) in [5.41, 5.74) is 2.94. The molecule has 1 fully saturated rings. The van der Waals surface area contributed by atoms with E-state index >= 15 is 0 Å². The molecule has 2 aliphatic heterocycles. The van der Waals surface area contributed by atoms with Gasteiger partial charge in [-0.15, -0.1) is 0 Å². The molecule has 4 rings (SSSR count). The lowest BCUT2D eigenvalue weighted by Crippen LogP contribution is -2.44. The van der Waals surface area contributed by atoms with Crippen molar-refractivity contribution < 1.29 is 23.9 Å². The number of nitrogens with zero attached hydrogens (tertiary/aromatic N) is 2. The fraction of sp³-hybridized carbons (Fsp3) is 0.448. The van der Waals surface area contributed by atoms with Gasteiger partial charge in [-0.2, -0.15) is 0 Å². The summed E-state index contributed by atoms with van der Waals surface area (Å²) < 4.78 is 5.29. The van der Waals surface area contributed by atoms with E-state index in [0.717, 1.165) is 24.1 Å². The molecule has 0 radical (unpaired) electrons. The van der Waals surface area contributed by atoms with E-state index in [4.69, 9.17) is 4.74 Å². The number of benzene rings is 2. The molecule has 5 amide bonds. The van der Waals surface area contributed by atoms with E-state index in [1.54, 1.807) is 41.2 Å². The Bertz CT molecular complexity index is 1220. The minimum atomic E-state index is -0.749. The highest BCUT2D eigenvalue weighted by molar-refractivity contribution is 6.39. The number of fused-ring (bicyclic) bond motifs is 1. The molecule has 2 aliphatic rings. The quantitative estimate of drug-likeness (QED) is 0.488. The molecule has 0 spiro atoms. The lowest BCUT2D eigenvalue weighted by atomic mass is 9.97. The summed E-state index contributed by atoms with van der Waals surface area (Å²) >= 11 is 0. The Morgan fingerprint density at radius 1 is 0.974 bits per heavy atom. The summed E-state index contributed by atoms with van der Waals surface area (Å²) in [5, 5.41) is 8.27. The average molecular weight is 536 g/mol. The lowest BCUT2D eigenvalue weighted by molar-refractivity contribution is -0.136. The van der Waals surface area contributed by atoms with Crippen molar-refractivity contribution in [3.63, 3.8) is 0 Å². The van der Waals surface area contributed by atoms with Gasteiger partial charge in [-0.25, -0.2) is 4.79 Å². The Kier molecular flexibility index (Phi) is 9.06. The first kappa shape index (κ1) is 27.9. The van der Waals surface area contributed by atoms with Crippen molar-refractivity contribution in [3.8, 4) is 5.75 Å². The first-order valence-electron chi connectivity index (χ1n) is 13.5. The van der Waals surface area contributed by atoms with Crippen molar-refractivity contribution in [1.29, 1.82) is 0 Å². The molecule has 1 saturated heterocycles. The number of para-hydroxylation sites is 2. The average Bonchev–Trinajstić information content (AvgIpc) is 2.95. The van der Waals surface area contributed by atoms with Gasteiger partial charge in [-0.05, 0) is 61.4 Å². The summed E-state index contributed by atoms with van der Waals surface area (Å²) in [6.45, 7) is 5.83. The van der Waals surface area contributed by atoms with Crippen LogP contribution < -0.4 is 25.6 Å². The Labute approximate surface area is 229 Å². The number of rotatable bonds is 6. The summed E-state index contributed by atoms with van der Waals surface area (Å²) in [6.07, 6.45) is 3.19. The van der Waals surface area contributed by atoms with Crippen LogP contribution in [0.2, 0.25) is 0 Å². The topological polar surface area (TPSA) is 120 Å². The third-order valence-electron chi connectivity index (χ3n) is 7.23. The molecule has 0 aromatic heterocycles. The molecule has 10 nitrogen and oxygen atoms in total. The monoisotopic (exact) mass is 535 g/mol. The molecule has 2 aromatic rings. The summed E-state index contributed by atoms with van der Waals surface area (Å²) in [7, 11) is 1.56. The number of anilines is 3. The van der Waals surface area contributed by atoms with Crippen LogP contribution in [0.25, 0.3) is 0 Å². The zero-order chi connectivity index (χ0) is 27.9. The van der Waals surface area contributed by atoms with Crippen LogP contribution in [0.1, 0.15) is 38.7 Å². The number of hydrogen-bond acceptors (Lipinski definition) is 5. The second kappa shape index (κ2) is 12.6. The highest BCUT2D eigenvalue weighted by Gasteiger charge is 2.26. The van der Waals surface area contributed by atoms with Gasteiger partial charge in [0.05, 0.1) is 12.8 Å². The summed E-state index contributed by atoms with van der Waals surface area (Å²) in [4.78, 5) is 53.9. The van der Waals surface area contributed by atoms with Crippen molar-refractivity contribution in [2.24, 2.45) is 11.8 Å². The molecule has 0 unspecified atom stereocenters. The van der Waals surface area contributed by atoms with E-state index < -0.39 is 11.8 Å². The van der Waals surface area contributed by atoms with E-state index in [1.165, 1.54) is 0 Å². The van der Waals surface area contributed by atoms with Crippen LogP contribution in [-0.2, 0) is 20.8 Å². The molecular weight excluding hydrogens is 498 g/mol. The maximum Gasteiger partial charge on any atom is 0.321 e. The van der Waals surface area contributed by atoms with E-state index in [2.05, 4.69) is 16.0 Å². The van der Waals surface area contributed by atoms with E-state index in [9.17, 15) is 19.2 Å². The van der Waals surface area contributed by atoms with Gasteiger partial charge in [0.15, 0.2) is 0 Å². The molecule has 39 heavy (non-hydrogen) atoms. The van der Waals surface area contributed by atoms with Crippen molar-refractivity contribution in [1.82, 2.24) is 10.2 Å². The third-order valence-corrected chi connectivity index (χ3v) is 7.23. The zero-order valence-corrected chi connectivity index (χ0v) is 22.8. The lowest BCUT2D eigenvalue weighted by Gasteiger charge is -2.32. The summed E-state index contributed by atoms with van der Waals surface area (Å²) in [5.74, 6) is -0.788. The standard InChI is InChI=1S/C29H37N5O5/c1-19(2)28(37)34-14-6-7-21-10-11-22(17-24(21)34)31-27(36)26(35)30-18-20-12-15-33(16-13-20)29(38)32-23-8-4-5-9-25(23)39-3/h4-5,8-11,17,19-20H,6-7,12-16,18H2,1-3H3,(H,30,35)(H,31,36)(H,32,38). The van der Waals surface area contributed by atoms with Gasteiger partial charge in [0.25, 0.3) is 0 Å². The van der Waals surface area contributed by atoms with Crippen LogP contribution in [-0.4, -0.2) is 61.9 Å². The molecule has 3 N–H and O–H groups in total. The number of amides is 5. The predicted molar refractivity (Wildman–Crippen MR) is 150 cm³/mol. The van der Waals surface area contributed by atoms with Crippen LogP contribution in [0.3, 0.4) is 0 Å². The molecule has 208 valence electrons. The van der Waals surface area contributed by atoms with E-state index in [-0.39, 0.29) is 23.8 Å². The van der Waals surface area contributed by atoms with Gasteiger partial charge < -0.3 is 30.5 Å². The van der Waals surface area contributed by atoms with Crippen LogP contribution >= 0.6 is 0 Å². The zero-order valence-electron chi connectivity index (χ0n) is 22.8. The number of carbonyl (C=O) groups is 4. The normalized spacial score (nSPS) is 15.4. The highest BCUT2D eigenvalue weighted by Crippen LogP contribution is 2.31. The van der Waals surface area contributed by atoms with Crippen molar-refractivity contribution in [2.75, 3.05) is 48.8 Å². The first-order chi connectivity index (χ1) is 18.8. The van der Waals surface area contributed by atoms with E-state index in [1.807, 2.05) is 32.0 Å². The number of ether oxygens (including phenoxy) is 1. The van der Waals surface area contributed by atoms with Crippen molar-refractivity contribution in [3.05, 3.63) is 48.0 Å². The van der Waals surface area contributed by atoms with Crippen molar-refractivity contribution >= 4 is 40.8 Å². The van der Waals surface area contributed by atoms with Gasteiger partial charge in [-0.1, -0.05) is 32.0 Å². The highest BCUT2D eigenvalue weighted by atomic mass is 16.5. The Morgan fingerprint density at radius 3 is 2.44 bits per heavy atom. The Morgan fingerprint density at radius 2 is 1.72 bits per heavy atom. The Hall–Kier alpha value is -4.08. The van der Waals surface area contributed by atoms with Gasteiger partial charge in [-0.3, -0.25) is 14.4 Å². The molecule has 0 bridgehead atoms. The SMILES string of the molecule is COc1ccccc1NC(=O)N1CCC(CNC(=O)C(=O)Nc2ccc3c(c2)N(C(=O)C(C)C)CCC3)CC1. The van der Waals surface area contributed by atoms with Crippen LogP contribution in [0.5, 0.6) is 5.75 Å². The van der Waals surface area contributed by atoms with E-state index in [0.29, 0.717) is 56.1 Å². The predicted octanol–water partition coefficient (Wildman–Crippen LogP) is 3.63. The molecule has 2 heterocycles. The maximum atomic E-state index is 12.7. The maximum absolute atomic E-state index is 12.7. The Balaban J connectivity index is 1.24. The number of urea groups is 1. The summed E-state index contributed by atoms with van der Waals surface area (Å²) in [6, 6.07) is 12.5.